The van der Waals surface area contributed by atoms with E-state index in [9.17, 15) is 4.79 Å². The zero-order chi connectivity index (χ0) is 15.3. The molecule has 112 valence electrons. The fourth-order valence-corrected chi connectivity index (χ4v) is 3.33. The molecule has 1 atom stereocenters. The molecule has 0 spiro atoms. The summed E-state index contributed by atoms with van der Waals surface area (Å²) in [6.07, 6.45) is 3.01. The number of esters is 1. The molecule has 0 heterocycles. The summed E-state index contributed by atoms with van der Waals surface area (Å²) in [4.78, 5) is 14.0. The van der Waals surface area contributed by atoms with Crippen molar-refractivity contribution in [2.45, 2.75) is 19.4 Å². The van der Waals surface area contributed by atoms with Gasteiger partial charge in [0.1, 0.15) is 0 Å². The van der Waals surface area contributed by atoms with Gasteiger partial charge < -0.3 is 15.4 Å². The van der Waals surface area contributed by atoms with E-state index in [-0.39, 0.29) is 6.04 Å². The molecule has 4 nitrogen and oxygen atoms in total. The number of hydrogen-bond acceptors (Lipinski definition) is 5. The predicted molar refractivity (Wildman–Crippen MR) is 88.1 cm³/mol. The van der Waals surface area contributed by atoms with Crippen LogP contribution in [0.3, 0.4) is 0 Å². The molecule has 0 fully saturated rings. The molecule has 0 bridgehead atoms. The number of carbonyl (C=O) groups is 1. The Bertz CT molecular complexity index is 482. The van der Waals surface area contributed by atoms with E-state index in [0.717, 1.165) is 12.2 Å². The molecule has 6 heteroatoms. The number of benzene rings is 1. The smallest absolute Gasteiger partial charge is 0.340 e. The first-order valence-electron chi connectivity index (χ1n) is 6.35. The summed E-state index contributed by atoms with van der Waals surface area (Å²) in [7, 11) is 3.29. The average Bonchev–Trinajstić information content (AvgIpc) is 2.42. The standard InChI is InChI=1S/C14H21ClN2O2S/c1-5-10(8-20-4)17(2)13-11(14(18)19-3)6-9(16)7-12(13)15/h6-7,10H,5,8,16H2,1-4H3. The second kappa shape index (κ2) is 7.64. The van der Waals surface area contributed by atoms with Gasteiger partial charge in [-0.25, -0.2) is 4.79 Å². The van der Waals surface area contributed by atoms with E-state index in [0.29, 0.717) is 22.0 Å². The summed E-state index contributed by atoms with van der Waals surface area (Å²) >= 11 is 8.06. The van der Waals surface area contributed by atoms with E-state index in [1.165, 1.54) is 7.11 Å². The van der Waals surface area contributed by atoms with Crippen LogP contribution >= 0.6 is 23.4 Å². The molecule has 1 aromatic carbocycles. The van der Waals surface area contributed by atoms with Gasteiger partial charge in [0.15, 0.2) is 0 Å². The normalized spacial score (nSPS) is 12.1. The molecule has 1 aromatic rings. The first-order valence-corrected chi connectivity index (χ1v) is 8.12. The molecule has 0 aliphatic rings. The molecule has 0 saturated carbocycles. The Hall–Kier alpha value is -1.07. The van der Waals surface area contributed by atoms with Crippen molar-refractivity contribution in [3.05, 3.63) is 22.7 Å². The minimum absolute atomic E-state index is 0.287. The van der Waals surface area contributed by atoms with Crippen LogP contribution in [0.2, 0.25) is 5.02 Å². The lowest BCUT2D eigenvalue weighted by atomic mass is 10.1. The molecule has 1 rings (SSSR count). The molecule has 0 aliphatic heterocycles. The minimum Gasteiger partial charge on any atom is -0.465 e. The van der Waals surface area contributed by atoms with Crippen LogP contribution in [0.25, 0.3) is 0 Å². The van der Waals surface area contributed by atoms with Gasteiger partial charge in [0.05, 0.1) is 23.4 Å². The summed E-state index contributed by atoms with van der Waals surface area (Å²) in [6.45, 7) is 2.11. The van der Waals surface area contributed by atoms with Gasteiger partial charge in [0.2, 0.25) is 0 Å². The number of anilines is 2. The summed E-state index contributed by atoms with van der Waals surface area (Å²) in [6, 6.07) is 3.55. The van der Waals surface area contributed by atoms with E-state index in [1.54, 1.807) is 23.9 Å². The van der Waals surface area contributed by atoms with Crippen LogP contribution in [0.5, 0.6) is 0 Å². The second-order valence-corrected chi connectivity index (χ2v) is 5.84. The number of nitrogens with two attached hydrogens (primary N) is 1. The van der Waals surface area contributed by atoms with Gasteiger partial charge in [-0.2, -0.15) is 11.8 Å². The fourth-order valence-electron chi connectivity index (χ4n) is 2.12. The van der Waals surface area contributed by atoms with Crippen molar-refractivity contribution in [2.24, 2.45) is 0 Å². The van der Waals surface area contributed by atoms with Crippen LogP contribution in [0.1, 0.15) is 23.7 Å². The lowest BCUT2D eigenvalue weighted by Gasteiger charge is -2.31. The van der Waals surface area contributed by atoms with Gasteiger partial charge in [0.25, 0.3) is 0 Å². The molecule has 0 saturated heterocycles. The van der Waals surface area contributed by atoms with E-state index in [4.69, 9.17) is 22.1 Å². The number of thioether (sulfide) groups is 1. The van der Waals surface area contributed by atoms with E-state index in [1.807, 2.05) is 11.9 Å². The highest BCUT2D eigenvalue weighted by atomic mass is 35.5. The lowest BCUT2D eigenvalue weighted by molar-refractivity contribution is 0.0601. The highest BCUT2D eigenvalue weighted by Gasteiger charge is 2.23. The fraction of sp³-hybridized carbons (Fsp3) is 0.500. The van der Waals surface area contributed by atoms with Crippen LogP contribution in [0, 0.1) is 0 Å². The quantitative estimate of drug-likeness (QED) is 0.644. The highest BCUT2D eigenvalue weighted by Crippen LogP contribution is 2.34. The maximum Gasteiger partial charge on any atom is 0.340 e. The van der Waals surface area contributed by atoms with Crippen molar-refractivity contribution in [1.82, 2.24) is 0 Å². The maximum absolute atomic E-state index is 11.9. The molecular weight excluding hydrogens is 296 g/mol. The Labute approximate surface area is 129 Å². The van der Waals surface area contributed by atoms with Crippen molar-refractivity contribution in [1.29, 1.82) is 0 Å². The second-order valence-electron chi connectivity index (χ2n) is 4.52. The predicted octanol–water partition coefficient (Wildman–Crippen LogP) is 3.29. The first kappa shape index (κ1) is 17.0. The lowest BCUT2D eigenvalue weighted by Crippen LogP contribution is -2.34. The number of ether oxygens (including phenoxy) is 1. The van der Waals surface area contributed by atoms with Crippen LogP contribution in [-0.4, -0.2) is 38.2 Å². The highest BCUT2D eigenvalue weighted by molar-refractivity contribution is 7.98. The molecule has 0 amide bonds. The van der Waals surface area contributed by atoms with E-state index < -0.39 is 5.97 Å². The summed E-state index contributed by atoms with van der Waals surface area (Å²) in [5, 5.41) is 0.465. The molecule has 0 aromatic heterocycles. The van der Waals surface area contributed by atoms with E-state index in [2.05, 4.69) is 13.2 Å². The summed E-state index contributed by atoms with van der Waals surface area (Å²) < 4.78 is 4.83. The molecule has 0 aliphatic carbocycles. The van der Waals surface area contributed by atoms with Crippen LogP contribution < -0.4 is 10.6 Å². The zero-order valence-corrected chi connectivity index (χ0v) is 13.8. The third-order valence-electron chi connectivity index (χ3n) is 3.22. The SMILES string of the molecule is CCC(CSC)N(C)c1c(Cl)cc(N)cc1C(=O)OC. The van der Waals surface area contributed by atoms with Crippen LogP contribution in [0.15, 0.2) is 12.1 Å². The van der Waals surface area contributed by atoms with Crippen molar-refractivity contribution in [3.8, 4) is 0 Å². The van der Waals surface area contributed by atoms with Gasteiger partial charge in [-0.05, 0) is 24.8 Å². The van der Waals surface area contributed by atoms with E-state index >= 15 is 0 Å². The molecular formula is C14H21ClN2O2S. The Morgan fingerprint density at radius 2 is 2.20 bits per heavy atom. The molecule has 20 heavy (non-hydrogen) atoms. The van der Waals surface area contributed by atoms with Crippen molar-refractivity contribution in [2.75, 3.05) is 36.8 Å². The van der Waals surface area contributed by atoms with Gasteiger partial charge >= 0.3 is 5.97 Å². The average molecular weight is 317 g/mol. The number of halogens is 1. The zero-order valence-electron chi connectivity index (χ0n) is 12.3. The largest absolute Gasteiger partial charge is 0.465 e. The monoisotopic (exact) mass is 316 g/mol. The van der Waals surface area contributed by atoms with Crippen LogP contribution in [-0.2, 0) is 4.74 Å². The van der Waals surface area contributed by atoms with Gasteiger partial charge in [-0.1, -0.05) is 18.5 Å². The number of methoxy groups -OCH3 is 1. The number of hydrogen-bond donors (Lipinski definition) is 1. The number of nitrogen functional groups attached to an aromatic ring is 1. The Morgan fingerprint density at radius 3 is 2.70 bits per heavy atom. The number of rotatable bonds is 6. The van der Waals surface area contributed by atoms with Crippen LogP contribution in [0.4, 0.5) is 11.4 Å². The van der Waals surface area contributed by atoms with Gasteiger partial charge in [-0.15, -0.1) is 0 Å². The Balaban J connectivity index is 3.30. The minimum atomic E-state index is -0.431. The van der Waals surface area contributed by atoms with Gasteiger partial charge in [-0.3, -0.25) is 0 Å². The Kier molecular flexibility index (Phi) is 6.49. The van der Waals surface area contributed by atoms with Crippen molar-refractivity contribution < 1.29 is 9.53 Å². The molecule has 1 unspecified atom stereocenters. The molecule has 2 N–H and O–H groups in total. The van der Waals surface area contributed by atoms with Crippen molar-refractivity contribution in [3.63, 3.8) is 0 Å². The van der Waals surface area contributed by atoms with Crippen molar-refractivity contribution >= 4 is 40.7 Å². The summed E-state index contributed by atoms with van der Waals surface area (Å²) in [5.41, 5.74) is 7.30. The molecule has 0 radical (unpaired) electrons. The topological polar surface area (TPSA) is 55.6 Å². The maximum atomic E-state index is 11.9. The third kappa shape index (κ3) is 3.73. The third-order valence-corrected chi connectivity index (χ3v) is 4.23. The van der Waals surface area contributed by atoms with Gasteiger partial charge in [0, 0.05) is 24.5 Å². The first-order chi connectivity index (χ1) is 9.46. The number of nitrogens with zero attached hydrogens (tertiary/aromatic N) is 1. The summed E-state index contributed by atoms with van der Waals surface area (Å²) in [5.74, 6) is 0.522. The Morgan fingerprint density at radius 1 is 1.55 bits per heavy atom. The number of carbonyl (C=O) groups excluding carboxylic acids is 1.